The van der Waals surface area contributed by atoms with Crippen LogP contribution in [0, 0.1) is 6.92 Å². The van der Waals surface area contributed by atoms with E-state index in [0.29, 0.717) is 12.3 Å². The Morgan fingerprint density at radius 3 is 2.57 bits per heavy atom. The third-order valence-electron chi connectivity index (χ3n) is 3.91. The standard InChI is InChI=1S/C19H24N4O3.2C2H6/c1-13-11-14(6-7-16(13)25-3)18-17(23-12-26-18)19(24)22-10-4-5-15(21-2)8-9-20;2*1-2/h6-9,11-12H,4-5,10,20H2,1-3H3,(H,22,24);2*1-2H3/b9-8-,21-15?;;. The fraction of sp³-hybridized carbons (Fsp3) is 0.435. The van der Waals surface area contributed by atoms with Crippen LogP contribution in [0.5, 0.6) is 5.75 Å². The SMILES string of the molecule is CC.CC.CN=C(/C=C\N)CCCNC(=O)c1ncoc1-c1ccc(OC)c(C)c1. The van der Waals surface area contributed by atoms with Gasteiger partial charge in [-0.3, -0.25) is 9.79 Å². The van der Waals surface area contributed by atoms with Gasteiger partial charge in [-0.05, 0) is 55.8 Å². The maximum atomic E-state index is 12.4. The summed E-state index contributed by atoms with van der Waals surface area (Å²) in [6, 6.07) is 5.58. The lowest BCUT2D eigenvalue weighted by Gasteiger charge is -2.07. The Morgan fingerprint density at radius 2 is 2.00 bits per heavy atom. The number of aromatic nitrogens is 1. The van der Waals surface area contributed by atoms with Gasteiger partial charge in [-0.15, -0.1) is 0 Å². The normalized spacial score (nSPS) is 10.6. The van der Waals surface area contributed by atoms with Crippen molar-refractivity contribution < 1.29 is 13.9 Å². The molecule has 2 rings (SSSR count). The predicted molar refractivity (Wildman–Crippen MR) is 124 cm³/mol. The number of hydrogen-bond donors (Lipinski definition) is 2. The van der Waals surface area contributed by atoms with Crippen LogP contribution in [0.15, 0.2) is 46.3 Å². The molecule has 0 bridgehead atoms. The number of allylic oxidation sites excluding steroid dienone is 1. The molecule has 1 aromatic carbocycles. The van der Waals surface area contributed by atoms with E-state index in [1.807, 2.05) is 52.8 Å². The smallest absolute Gasteiger partial charge is 0.273 e. The number of benzene rings is 1. The zero-order chi connectivity index (χ0) is 22.9. The lowest BCUT2D eigenvalue weighted by molar-refractivity contribution is 0.0949. The molecule has 0 unspecified atom stereocenters. The lowest BCUT2D eigenvalue weighted by Crippen LogP contribution is -2.25. The molecule has 0 radical (unpaired) electrons. The van der Waals surface area contributed by atoms with Gasteiger partial charge in [0.1, 0.15) is 5.75 Å². The average Bonchev–Trinajstić information content (AvgIpc) is 3.28. The van der Waals surface area contributed by atoms with Gasteiger partial charge in [0.2, 0.25) is 0 Å². The number of hydrogen-bond acceptors (Lipinski definition) is 6. The largest absolute Gasteiger partial charge is 0.496 e. The fourth-order valence-corrected chi connectivity index (χ4v) is 2.57. The van der Waals surface area contributed by atoms with Crippen molar-refractivity contribution in [2.45, 2.75) is 47.5 Å². The number of carbonyl (C=O) groups is 1. The minimum absolute atomic E-state index is 0.265. The molecule has 1 amide bonds. The van der Waals surface area contributed by atoms with Gasteiger partial charge in [0.05, 0.1) is 7.11 Å². The summed E-state index contributed by atoms with van der Waals surface area (Å²) >= 11 is 0. The first-order valence-electron chi connectivity index (χ1n) is 10.3. The van der Waals surface area contributed by atoms with Crippen molar-refractivity contribution in [3.63, 3.8) is 0 Å². The number of aryl methyl sites for hydroxylation is 1. The van der Waals surface area contributed by atoms with E-state index in [4.69, 9.17) is 14.9 Å². The van der Waals surface area contributed by atoms with Crippen LogP contribution in [-0.2, 0) is 0 Å². The van der Waals surface area contributed by atoms with Crippen molar-refractivity contribution in [2.24, 2.45) is 10.7 Å². The van der Waals surface area contributed by atoms with E-state index in [1.165, 1.54) is 12.6 Å². The number of nitrogens with zero attached hydrogens (tertiary/aromatic N) is 2. The molecule has 0 aliphatic heterocycles. The van der Waals surface area contributed by atoms with Crippen LogP contribution in [0.25, 0.3) is 11.3 Å². The highest BCUT2D eigenvalue weighted by atomic mass is 16.5. The molecular weight excluding hydrogens is 380 g/mol. The first kappa shape index (κ1) is 26.9. The number of aliphatic imine (C=N–C) groups is 1. The zero-order valence-electron chi connectivity index (χ0n) is 19.3. The molecule has 0 aliphatic carbocycles. The van der Waals surface area contributed by atoms with Crippen LogP contribution in [0.2, 0.25) is 0 Å². The average molecular weight is 417 g/mol. The number of carbonyl (C=O) groups excluding carboxylic acids is 1. The van der Waals surface area contributed by atoms with Gasteiger partial charge in [0, 0.05) is 24.9 Å². The van der Waals surface area contributed by atoms with Crippen molar-refractivity contribution in [3.8, 4) is 17.1 Å². The number of methoxy groups -OCH3 is 1. The first-order valence-corrected chi connectivity index (χ1v) is 10.3. The predicted octanol–water partition coefficient (Wildman–Crippen LogP) is 4.76. The van der Waals surface area contributed by atoms with E-state index in [0.717, 1.165) is 35.4 Å². The molecule has 0 spiro atoms. The summed E-state index contributed by atoms with van der Waals surface area (Å²) in [5.74, 6) is 0.945. The molecule has 0 fully saturated rings. The van der Waals surface area contributed by atoms with Crippen LogP contribution in [-0.4, -0.2) is 37.3 Å². The van der Waals surface area contributed by atoms with E-state index in [9.17, 15) is 4.79 Å². The van der Waals surface area contributed by atoms with Crippen molar-refractivity contribution in [2.75, 3.05) is 20.7 Å². The second-order valence-corrected chi connectivity index (χ2v) is 5.65. The maximum Gasteiger partial charge on any atom is 0.273 e. The lowest BCUT2D eigenvalue weighted by atomic mass is 10.1. The van der Waals surface area contributed by atoms with Crippen molar-refractivity contribution in [3.05, 3.63) is 48.1 Å². The molecule has 0 aliphatic rings. The minimum atomic E-state index is -0.272. The maximum absolute atomic E-state index is 12.4. The van der Waals surface area contributed by atoms with Crippen molar-refractivity contribution in [1.29, 1.82) is 0 Å². The molecule has 166 valence electrons. The minimum Gasteiger partial charge on any atom is -0.496 e. The summed E-state index contributed by atoms with van der Waals surface area (Å²) in [7, 11) is 3.33. The van der Waals surface area contributed by atoms with Crippen molar-refractivity contribution >= 4 is 11.6 Å². The van der Waals surface area contributed by atoms with Crippen LogP contribution in [0.3, 0.4) is 0 Å². The molecule has 0 saturated carbocycles. The Hall–Kier alpha value is -3.09. The molecule has 1 aromatic heterocycles. The molecular formula is C23H36N4O3. The second kappa shape index (κ2) is 15.8. The van der Waals surface area contributed by atoms with Crippen molar-refractivity contribution in [1.82, 2.24) is 10.3 Å². The summed E-state index contributed by atoms with van der Waals surface area (Å²) in [6.45, 7) is 10.4. The highest BCUT2D eigenvalue weighted by molar-refractivity contribution is 5.98. The van der Waals surface area contributed by atoms with Gasteiger partial charge in [-0.25, -0.2) is 4.98 Å². The molecule has 1 heterocycles. The van der Waals surface area contributed by atoms with Gasteiger partial charge in [-0.1, -0.05) is 27.7 Å². The number of amides is 1. The van der Waals surface area contributed by atoms with Gasteiger partial charge < -0.3 is 20.2 Å². The summed E-state index contributed by atoms with van der Waals surface area (Å²) in [5.41, 5.74) is 8.24. The molecule has 7 heteroatoms. The molecule has 30 heavy (non-hydrogen) atoms. The van der Waals surface area contributed by atoms with E-state index in [2.05, 4.69) is 15.3 Å². The third-order valence-corrected chi connectivity index (χ3v) is 3.91. The molecule has 0 atom stereocenters. The monoisotopic (exact) mass is 416 g/mol. The van der Waals surface area contributed by atoms with Gasteiger partial charge >= 0.3 is 0 Å². The van der Waals surface area contributed by atoms with Crippen LogP contribution >= 0.6 is 0 Å². The molecule has 0 saturated heterocycles. The Kier molecular flexibility index (Phi) is 14.2. The Balaban J connectivity index is 0.00000198. The fourth-order valence-electron chi connectivity index (χ4n) is 2.57. The van der Waals surface area contributed by atoms with E-state index in [1.54, 1.807) is 20.2 Å². The third kappa shape index (κ3) is 8.11. The number of rotatable bonds is 8. The topological polar surface area (TPSA) is 103 Å². The number of oxazole rings is 1. The van der Waals surface area contributed by atoms with Gasteiger partial charge in [0.25, 0.3) is 5.91 Å². The van der Waals surface area contributed by atoms with E-state index in [-0.39, 0.29) is 11.6 Å². The molecule has 2 aromatic rings. The number of nitrogens with two attached hydrogens (primary N) is 1. The quantitative estimate of drug-likeness (QED) is 0.477. The summed E-state index contributed by atoms with van der Waals surface area (Å²) in [5, 5.41) is 2.86. The van der Waals surface area contributed by atoms with Crippen LogP contribution in [0.1, 0.15) is 56.6 Å². The second-order valence-electron chi connectivity index (χ2n) is 5.65. The van der Waals surface area contributed by atoms with E-state index >= 15 is 0 Å². The summed E-state index contributed by atoms with van der Waals surface area (Å²) in [6.07, 6.45) is 5.96. The van der Waals surface area contributed by atoms with E-state index < -0.39 is 0 Å². The Labute approximate surface area is 180 Å². The summed E-state index contributed by atoms with van der Waals surface area (Å²) < 4.78 is 10.7. The molecule has 3 N–H and O–H groups in total. The Morgan fingerprint density at radius 1 is 1.30 bits per heavy atom. The Bertz CT molecular complexity index is 811. The molecule has 7 nitrogen and oxygen atoms in total. The van der Waals surface area contributed by atoms with Crippen LogP contribution < -0.4 is 15.8 Å². The number of nitrogens with one attached hydrogen (secondary N) is 1. The highest BCUT2D eigenvalue weighted by Gasteiger charge is 2.18. The van der Waals surface area contributed by atoms with Gasteiger partial charge in [0.15, 0.2) is 17.8 Å². The number of ether oxygens (including phenoxy) is 1. The van der Waals surface area contributed by atoms with Crippen LogP contribution in [0.4, 0.5) is 0 Å². The first-order chi connectivity index (χ1) is 14.6. The summed E-state index contributed by atoms with van der Waals surface area (Å²) in [4.78, 5) is 20.6. The van der Waals surface area contributed by atoms with Gasteiger partial charge in [-0.2, -0.15) is 0 Å². The highest BCUT2D eigenvalue weighted by Crippen LogP contribution is 2.28. The zero-order valence-corrected chi connectivity index (χ0v) is 19.3.